The van der Waals surface area contributed by atoms with Gasteiger partial charge in [-0.25, -0.2) is 0 Å². The molecule has 0 bridgehead atoms. The van der Waals surface area contributed by atoms with E-state index in [1.165, 1.54) is 16.0 Å². The van der Waals surface area contributed by atoms with Gasteiger partial charge in [-0.2, -0.15) is 0 Å². The molecule has 29 heavy (non-hydrogen) atoms. The van der Waals surface area contributed by atoms with E-state index in [9.17, 15) is 4.79 Å². The number of hydrogen-bond donors (Lipinski definition) is 2. The second-order valence-corrected chi connectivity index (χ2v) is 7.51. The van der Waals surface area contributed by atoms with Crippen LogP contribution in [-0.2, 0) is 19.6 Å². The summed E-state index contributed by atoms with van der Waals surface area (Å²) in [6.45, 7) is 6.26. The number of benzene rings is 2. The van der Waals surface area contributed by atoms with E-state index < -0.39 is 0 Å². The number of hydrogen-bond acceptors (Lipinski definition) is 3. The van der Waals surface area contributed by atoms with Crippen molar-refractivity contribution >= 4 is 5.91 Å². The Labute approximate surface area is 172 Å². The quantitative estimate of drug-likeness (QED) is 0.587. The molecule has 0 saturated heterocycles. The molecule has 5 nitrogen and oxygen atoms in total. The van der Waals surface area contributed by atoms with Crippen LogP contribution in [0.1, 0.15) is 41.3 Å². The highest BCUT2D eigenvalue weighted by molar-refractivity contribution is 5.91. The molecule has 1 atom stereocenters. The van der Waals surface area contributed by atoms with Gasteiger partial charge in [0.2, 0.25) is 0 Å². The molecule has 152 valence electrons. The van der Waals surface area contributed by atoms with Crippen molar-refractivity contribution in [3.05, 3.63) is 89.4 Å². The highest BCUT2D eigenvalue weighted by atomic mass is 16.5. The molecular weight excluding hydrogens is 364 g/mol. The fraction of sp³-hybridized carbons (Fsp3) is 0.292. The molecule has 0 aliphatic rings. The van der Waals surface area contributed by atoms with Crippen LogP contribution in [0.2, 0.25) is 0 Å². The average Bonchev–Trinajstić information content (AvgIpc) is 3.17. The van der Waals surface area contributed by atoms with Crippen molar-refractivity contribution in [1.29, 1.82) is 0 Å². The molecule has 1 heterocycles. The van der Waals surface area contributed by atoms with Crippen LogP contribution in [0.3, 0.4) is 0 Å². The minimum atomic E-state index is -0.175. The molecule has 5 heteroatoms. The van der Waals surface area contributed by atoms with Crippen LogP contribution in [0.4, 0.5) is 0 Å². The smallest absolute Gasteiger partial charge is 0.287 e. The molecule has 1 amide bonds. The van der Waals surface area contributed by atoms with E-state index in [4.69, 9.17) is 9.15 Å². The van der Waals surface area contributed by atoms with Gasteiger partial charge in [0.05, 0.1) is 7.11 Å². The number of nitrogens with one attached hydrogen (secondary N) is 2. The summed E-state index contributed by atoms with van der Waals surface area (Å²) in [6, 6.07) is 22.3. The van der Waals surface area contributed by atoms with Crippen LogP contribution in [-0.4, -0.2) is 19.1 Å². The summed E-state index contributed by atoms with van der Waals surface area (Å²) in [4.78, 5) is 13.5. The minimum Gasteiger partial charge on any atom is -0.497 e. The van der Waals surface area contributed by atoms with Crippen molar-refractivity contribution in [3.8, 4) is 5.75 Å². The van der Waals surface area contributed by atoms with Crippen molar-refractivity contribution in [3.63, 3.8) is 0 Å². The molecule has 0 aliphatic carbocycles. The van der Waals surface area contributed by atoms with Gasteiger partial charge in [0.15, 0.2) is 11.5 Å². The second-order valence-electron chi connectivity index (χ2n) is 7.51. The van der Waals surface area contributed by atoms with E-state index in [1.807, 2.05) is 38.1 Å². The molecule has 3 rings (SSSR count). The molecule has 0 saturated carbocycles. The summed E-state index contributed by atoms with van der Waals surface area (Å²) < 4.78 is 11.1. The normalized spacial score (nSPS) is 12.0. The van der Waals surface area contributed by atoms with Gasteiger partial charge in [-0.1, -0.05) is 30.3 Å². The number of furan rings is 1. The van der Waals surface area contributed by atoms with Gasteiger partial charge >= 0.3 is 0 Å². The fourth-order valence-corrected chi connectivity index (χ4v) is 3.28. The number of ether oxygens (including phenoxy) is 1. The lowest BCUT2D eigenvalue weighted by Crippen LogP contribution is -3.08. The van der Waals surface area contributed by atoms with E-state index in [0.717, 1.165) is 24.6 Å². The van der Waals surface area contributed by atoms with E-state index in [2.05, 4.69) is 41.7 Å². The average molecular weight is 394 g/mol. The van der Waals surface area contributed by atoms with Crippen LogP contribution < -0.4 is 15.0 Å². The van der Waals surface area contributed by atoms with E-state index >= 15 is 0 Å². The number of quaternary nitrogens is 1. The molecule has 1 aromatic heterocycles. The first-order valence-electron chi connectivity index (χ1n) is 9.93. The molecule has 0 aliphatic heterocycles. The first kappa shape index (κ1) is 20.7. The summed E-state index contributed by atoms with van der Waals surface area (Å²) in [6.07, 6.45) is 0. The Kier molecular flexibility index (Phi) is 7.09. The van der Waals surface area contributed by atoms with Crippen LogP contribution in [0.25, 0.3) is 0 Å². The largest absolute Gasteiger partial charge is 0.497 e. The molecule has 0 spiro atoms. The predicted octanol–water partition coefficient (Wildman–Crippen LogP) is 3.21. The lowest BCUT2D eigenvalue weighted by atomic mass is 10.1. The summed E-state index contributed by atoms with van der Waals surface area (Å²) in [5.74, 6) is 1.84. The Bertz CT molecular complexity index is 901. The monoisotopic (exact) mass is 393 g/mol. The number of carbonyl (C=O) groups is 1. The lowest BCUT2D eigenvalue weighted by molar-refractivity contribution is -0.942. The highest BCUT2D eigenvalue weighted by Crippen LogP contribution is 2.11. The highest BCUT2D eigenvalue weighted by Gasteiger charge is 2.17. The van der Waals surface area contributed by atoms with Gasteiger partial charge in [-0.3, -0.25) is 4.79 Å². The van der Waals surface area contributed by atoms with E-state index in [0.29, 0.717) is 12.3 Å². The lowest BCUT2D eigenvalue weighted by Gasteiger charge is -2.19. The van der Waals surface area contributed by atoms with Gasteiger partial charge in [0.1, 0.15) is 25.4 Å². The first-order valence-corrected chi connectivity index (χ1v) is 9.93. The maximum absolute atomic E-state index is 12.2. The number of carbonyl (C=O) groups excluding carboxylic acids is 1. The van der Waals surface area contributed by atoms with Crippen LogP contribution in [0, 0.1) is 0 Å². The Morgan fingerprint density at radius 3 is 2.21 bits per heavy atom. The van der Waals surface area contributed by atoms with E-state index in [-0.39, 0.29) is 11.9 Å². The summed E-state index contributed by atoms with van der Waals surface area (Å²) in [5.41, 5.74) is 2.49. The third-order valence-corrected chi connectivity index (χ3v) is 4.64. The van der Waals surface area contributed by atoms with Gasteiger partial charge in [0.25, 0.3) is 5.91 Å². The van der Waals surface area contributed by atoms with Gasteiger partial charge in [0, 0.05) is 17.2 Å². The zero-order valence-electron chi connectivity index (χ0n) is 17.3. The molecule has 0 radical (unpaired) electrons. The zero-order chi connectivity index (χ0) is 20.6. The maximum Gasteiger partial charge on any atom is 0.287 e. The topological polar surface area (TPSA) is 55.9 Å². The summed E-state index contributed by atoms with van der Waals surface area (Å²) >= 11 is 0. The Morgan fingerprint density at radius 2 is 1.59 bits per heavy atom. The number of rotatable bonds is 9. The third-order valence-electron chi connectivity index (χ3n) is 4.64. The van der Waals surface area contributed by atoms with Gasteiger partial charge in [-0.05, 0) is 50.2 Å². The minimum absolute atomic E-state index is 0.0753. The maximum atomic E-state index is 12.2. The number of amides is 1. The van der Waals surface area contributed by atoms with Crippen LogP contribution in [0.5, 0.6) is 5.75 Å². The second kappa shape index (κ2) is 9.94. The fourth-order valence-electron chi connectivity index (χ4n) is 3.28. The standard InChI is InChI=1S/C24H28N2O3/c1-18(2)25-24(27)23-14-13-22(29-23)17-26(15-19-7-5-4-6-8-19)16-20-9-11-21(28-3)12-10-20/h4-14,18H,15-17H2,1-3H3,(H,25,27)/p+1. The molecular formula is C24H29N2O3+. The Morgan fingerprint density at radius 1 is 0.931 bits per heavy atom. The van der Waals surface area contributed by atoms with Crippen molar-refractivity contribution in [2.45, 2.75) is 39.5 Å². The van der Waals surface area contributed by atoms with Crippen LogP contribution >= 0.6 is 0 Å². The van der Waals surface area contributed by atoms with Crippen molar-refractivity contribution in [2.24, 2.45) is 0 Å². The third kappa shape index (κ3) is 6.22. The van der Waals surface area contributed by atoms with Crippen LogP contribution in [0.15, 0.2) is 71.1 Å². The number of methoxy groups -OCH3 is 1. The predicted molar refractivity (Wildman–Crippen MR) is 113 cm³/mol. The molecule has 1 unspecified atom stereocenters. The SMILES string of the molecule is COc1ccc(C[NH+](Cc2ccccc2)Cc2ccc(C(=O)NC(C)C)o2)cc1. The molecule has 2 aromatic carbocycles. The van der Waals surface area contributed by atoms with Crippen molar-refractivity contribution in [1.82, 2.24) is 5.32 Å². The first-order chi connectivity index (χ1) is 14.0. The summed E-state index contributed by atoms with van der Waals surface area (Å²) in [7, 11) is 1.67. The Balaban J connectivity index is 1.73. The van der Waals surface area contributed by atoms with Crippen molar-refractivity contribution in [2.75, 3.05) is 7.11 Å². The van der Waals surface area contributed by atoms with E-state index in [1.54, 1.807) is 13.2 Å². The van der Waals surface area contributed by atoms with Crippen molar-refractivity contribution < 1.29 is 18.8 Å². The molecule has 2 N–H and O–H groups in total. The molecule has 3 aromatic rings. The summed E-state index contributed by atoms with van der Waals surface area (Å²) in [5, 5.41) is 2.86. The Hall–Kier alpha value is -3.05. The van der Waals surface area contributed by atoms with Gasteiger partial charge in [-0.15, -0.1) is 0 Å². The van der Waals surface area contributed by atoms with Gasteiger partial charge < -0.3 is 19.4 Å². The zero-order valence-corrected chi connectivity index (χ0v) is 17.3. The molecule has 0 fully saturated rings.